The molecule has 1 aliphatic heterocycles. The molecule has 4 heteroatoms. The molecular weight excluding hydrogens is 166 g/mol. The molecule has 0 saturated heterocycles. The van der Waals surface area contributed by atoms with Crippen LogP contribution in [0, 0.1) is 0 Å². The summed E-state index contributed by atoms with van der Waals surface area (Å²) in [5, 5.41) is 0. The first kappa shape index (κ1) is 10.5. The molecule has 1 rings (SSSR count). The summed E-state index contributed by atoms with van der Waals surface area (Å²) >= 11 is 0. The van der Waals surface area contributed by atoms with E-state index in [4.69, 9.17) is 10.6 Å². The topological polar surface area (TPSA) is 50.5 Å². The van der Waals surface area contributed by atoms with Gasteiger partial charge in [0.15, 0.2) is 0 Å². The van der Waals surface area contributed by atoms with E-state index in [9.17, 15) is 0 Å². The van der Waals surface area contributed by atoms with Crippen molar-refractivity contribution in [2.75, 3.05) is 27.2 Å². The number of hydrogen-bond donors (Lipinski definition) is 2. The van der Waals surface area contributed by atoms with E-state index in [1.807, 2.05) is 14.1 Å². The van der Waals surface area contributed by atoms with E-state index >= 15 is 0 Å². The number of hydrogen-bond acceptors (Lipinski definition) is 4. The lowest BCUT2D eigenvalue weighted by atomic mass is 10.1. The van der Waals surface area contributed by atoms with Gasteiger partial charge in [-0.1, -0.05) is 0 Å². The molecule has 1 aliphatic rings. The maximum Gasteiger partial charge on any atom is 0.112 e. The van der Waals surface area contributed by atoms with Crippen LogP contribution in [0.2, 0.25) is 0 Å². The number of nitrogens with one attached hydrogen (secondary N) is 1. The zero-order valence-corrected chi connectivity index (χ0v) is 8.42. The summed E-state index contributed by atoms with van der Waals surface area (Å²) in [7, 11) is 4.04. The van der Waals surface area contributed by atoms with Crippen molar-refractivity contribution in [2.24, 2.45) is 5.84 Å². The average Bonchev–Trinajstić information content (AvgIpc) is 2.15. The average molecular weight is 185 g/mol. The predicted molar refractivity (Wildman–Crippen MR) is 52.9 cm³/mol. The second-order valence-corrected chi connectivity index (χ2v) is 3.58. The first-order valence-corrected chi connectivity index (χ1v) is 4.67. The third-order valence-corrected chi connectivity index (χ3v) is 2.06. The van der Waals surface area contributed by atoms with Crippen molar-refractivity contribution >= 4 is 0 Å². The van der Waals surface area contributed by atoms with Crippen molar-refractivity contribution < 1.29 is 4.74 Å². The van der Waals surface area contributed by atoms with Crippen LogP contribution in [0.15, 0.2) is 11.8 Å². The molecule has 0 saturated carbocycles. The molecule has 0 aromatic carbocycles. The lowest BCUT2D eigenvalue weighted by Crippen LogP contribution is -2.44. The van der Waals surface area contributed by atoms with Gasteiger partial charge in [-0.15, -0.1) is 0 Å². The monoisotopic (exact) mass is 185 g/mol. The highest BCUT2D eigenvalue weighted by atomic mass is 16.5. The zero-order chi connectivity index (χ0) is 9.68. The Labute approximate surface area is 79.7 Å². The SMILES string of the molecule is CN(C)CC(NN)C1=CCCCO1. The van der Waals surface area contributed by atoms with Crippen molar-refractivity contribution in [2.45, 2.75) is 18.9 Å². The van der Waals surface area contributed by atoms with Gasteiger partial charge in [0.25, 0.3) is 0 Å². The smallest absolute Gasteiger partial charge is 0.112 e. The largest absolute Gasteiger partial charge is 0.496 e. The first-order chi connectivity index (χ1) is 6.24. The summed E-state index contributed by atoms with van der Waals surface area (Å²) in [6.07, 6.45) is 4.33. The minimum Gasteiger partial charge on any atom is -0.496 e. The van der Waals surface area contributed by atoms with Crippen molar-refractivity contribution in [1.29, 1.82) is 0 Å². The molecule has 3 N–H and O–H groups in total. The molecule has 1 heterocycles. The number of nitrogens with two attached hydrogens (primary N) is 1. The highest BCUT2D eigenvalue weighted by molar-refractivity contribution is 5.05. The fourth-order valence-electron chi connectivity index (χ4n) is 1.41. The van der Waals surface area contributed by atoms with Crippen LogP contribution in [0.1, 0.15) is 12.8 Å². The second-order valence-electron chi connectivity index (χ2n) is 3.58. The fraction of sp³-hybridized carbons (Fsp3) is 0.778. The van der Waals surface area contributed by atoms with Crippen molar-refractivity contribution in [3.05, 3.63) is 11.8 Å². The van der Waals surface area contributed by atoms with Gasteiger partial charge in [-0.3, -0.25) is 5.84 Å². The third kappa shape index (κ3) is 3.34. The van der Waals surface area contributed by atoms with E-state index < -0.39 is 0 Å². The molecule has 1 atom stereocenters. The molecule has 0 spiro atoms. The van der Waals surface area contributed by atoms with Crippen LogP contribution in [0.3, 0.4) is 0 Å². The molecule has 76 valence electrons. The van der Waals surface area contributed by atoms with Crippen LogP contribution in [0.25, 0.3) is 0 Å². The fourth-order valence-corrected chi connectivity index (χ4v) is 1.41. The van der Waals surface area contributed by atoms with Gasteiger partial charge in [0.05, 0.1) is 12.6 Å². The summed E-state index contributed by atoms with van der Waals surface area (Å²) in [5.41, 5.74) is 2.77. The number of hydrazine groups is 1. The quantitative estimate of drug-likeness (QED) is 0.481. The molecule has 0 aliphatic carbocycles. The standard InChI is InChI=1S/C9H19N3O/c1-12(2)7-8(11-10)9-5-3-4-6-13-9/h5,8,11H,3-4,6-7,10H2,1-2H3. The Bertz CT molecular complexity index is 180. The van der Waals surface area contributed by atoms with Gasteiger partial charge in [-0.05, 0) is 33.0 Å². The number of ether oxygens (including phenoxy) is 1. The Balaban J connectivity index is 2.49. The van der Waals surface area contributed by atoms with Crippen LogP contribution < -0.4 is 11.3 Å². The van der Waals surface area contributed by atoms with Gasteiger partial charge in [-0.25, -0.2) is 5.43 Å². The van der Waals surface area contributed by atoms with Crippen molar-refractivity contribution in [1.82, 2.24) is 10.3 Å². The molecular formula is C9H19N3O. The lowest BCUT2D eigenvalue weighted by molar-refractivity contribution is 0.158. The van der Waals surface area contributed by atoms with Crippen LogP contribution in [-0.2, 0) is 4.74 Å². The highest BCUT2D eigenvalue weighted by Gasteiger charge is 2.16. The normalized spacial score (nSPS) is 19.5. The van der Waals surface area contributed by atoms with Gasteiger partial charge in [0, 0.05) is 6.54 Å². The van der Waals surface area contributed by atoms with E-state index in [1.165, 1.54) is 0 Å². The molecule has 0 aromatic heterocycles. The second kappa shape index (κ2) is 5.21. The molecule has 0 fully saturated rings. The maximum atomic E-state index is 5.52. The first-order valence-electron chi connectivity index (χ1n) is 4.67. The van der Waals surface area contributed by atoms with Crippen LogP contribution >= 0.6 is 0 Å². The van der Waals surface area contributed by atoms with E-state index in [1.54, 1.807) is 0 Å². The molecule has 0 aromatic rings. The summed E-state index contributed by atoms with van der Waals surface area (Å²) in [6, 6.07) is 0.121. The van der Waals surface area contributed by atoms with Gasteiger partial charge in [0.2, 0.25) is 0 Å². The van der Waals surface area contributed by atoms with E-state index in [0.717, 1.165) is 31.8 Å². The predicted octanol–water partition coefficient (Wildman–Crippen LogP) is 0.0742. The molecule has 0 amide bonds. The minimum atomic E-state index is 0.121. The zero-order valence-electron chi connectivity index (χ0n) is 8.42. The Hall–Kier alpha value is -0.580. The van der Waals surface area contributed by atoms with Gasteiger partial charge in [0.1, 0.15) is 5.76 Å². The van der Waals surface area contributed by atoms with Crippen molar-refractivity contribution in [3.63, 3.8) is 0 Å². The van der Waals surface area contributed by atoms with Crippen molar-refractivity contribution in [3.8, 4) is 0 Å². The number of rotatable bonds is 4. The Morgan fingerprint density at radius 1 is 1.69 bits per heavy atom. The van der Waals surface area contributed by atoms with Gasteiger partial charge < -0.3 is 9.64 Å². The molecule has 4 nitrogen and oxygen atoms in total. The lowest BCUT2D eigenvalue weighted by Gasteiger charge is -2.25. The summed E-state index contributed by atoms with van der Waals surface area (Å²) < 4.78 is 5.52. The number of likely N-dealkylation sites (N-methyl/N-ethyl adjacent to an activating group) is 1. The summed E-state index contributed by atoms with van der Waals surface area (Å²) in [5.74, 6) is 6.44. The number of allylic oxidation sites excluding steroid dienone is 1. The van der Waals surface area contributed by atoms with Crippen LogP contribution in [-0.4, -0.2) is 38.2 Å². The van der Waals surface area contributed by atoms with Gasteiger partial charge in [-0.2, -0.15) is 0 Å². The third-order valence-electron chi connectivity index (χ3n) is 2.06. The van der Waals surface area contributed by atoms with Crippen LogP contribution in [0.4, 0.5) is 0 Å². The highest BCUT2D eigenvalue weighted by Crippen LogP contribution is 2.13. The molecule has 13 heavy (non-hydrogen) atoms. The van der Waals surface area contributed by atoms with E-state index in [-0.39, 0.29) is 6.04 Å². The van der Waals surface area contributed by atoms with Gasteiger partial charge >= 0.3 is 0 Å². The Kier molecular flexibility index (Phi) is 4.21. The minimum absolute atomic E-state index is 0.121. The summed E-state index contributed by atoms with van der Waals surface area (Å²) in [6.45, 7) is 1.68. The van der Waals surface area contributed by atoms with Crippen LogP contribution in [0.5, 0.6) is 0 Å². The maximum absolute atomic E-state index is 5.52. The molecule has 0 bridgehead atoms. The Morgan fingerprint density at radius 2 is 2.46 bits per heavy atom. The summed E-state index contributed by atoms with van der Waals surface area (Å²) in [4.78, 5) is 2.09. The van der Waals surface area contributed by atoms with E-state index in [2.05, 4.69) is 16.4 Å². The van der Waals surface area contributed by atoms with E-state index in [0.29, 0.717) is 0 Å². The Morgan fingerprint density at radius 3 is 2.92 bits per heavy atom. The molecule has 0 radical (unpaired) electrons. The number of nitrogens with zero attached hydrogens (tertiary/aromatic N) is 1. The molecule has 1 unspecified atom stereocenters.